The van der Waals surface area contributed by atoms with Crippen LogP contribution in [-0.2, 0) is 0 Å². The zero-order chi connectivity index (χ0) is 11.0. The second kappa shape index (κ2) is 3.24. The molecule has 0 aliphatic rings. The largest absolute Gasteiger partial charge is 0.353 e. The molecule has 3 rings (SSSR count). The third-order valence-corrected chi connectivity index (χ3v) is 2.50. The van der Waals surface area contributed by atoms with Crippen LogP contribution >= 0.6 is 0 Å². The zero-order valence-corrected chi connectivity index (χ0v) is 8.38. The Morgan fingerprint density at radius 3 is 2.88 bits per heavy atom. The normalized spacial score (nSPS) is 10.4. The molecule has 4 nitrogen and oxygen atoms in total. The smallest absolute Gasteiger partial charge is 0.206 e. The monoisotopic (exact) mass is 208 g/mol. The molecule has 4 heteroatoms. The van der Waals surface area contributed by atoms with Crippen molar-refractivity contribution >= 4 is 10.9 Å². The lowest BCUT2D eigenvalue weighted by Crippen LogP contribution is -1.87. The van der Waals surface area contributed by atoms with E-state index in [0.717, 1.165) is 22.3 Å². The van der Waals surface area contributed by atoms with Gasteiger partial charge in [0.05, 0.1) is 5.69 Å². The van der Waals surface area contributed by atoms with Crippen molar-refractivity contribution in [2.75, 3.05) is 0 Å². The first-order valence-corrected chi connectivity index (χ1v) is 4.91. The van der Waals surface area contributed by atoms with E-state index in [1.165, 1.54) is 4.68 Å². The third kappa shape index (κ3) is 1.27. The second-order valence-corrected chi connectivity index (χ2v) is 3.52. The summed E-state index contributed by atoms with van der Waals surface area (Å²) in [6.45, 7) is 0. The van der Waals surface area contributed by atoms with Gasteiger partial charge in [-0.2, -0.15) is 15.0 Å². The zero-order valence-electron chi connectivity index (χ0n) is 8.38. The minimum atomic E-state index is 0.776. The molecule has 0 atom stereocenters. The van der Waals surface area contributed by atoms with Crippen molar-refractivity contribution in [2.24, 2.45) is 0 Å². The van der Waals surface area contributed by atoms with Gasteiger partial charge in [0.15, 0.2) is 0 Å². The molecule has 16 heavy (non-hydrogen) atoms. The van der Waals surface area contributed by atoms with Gasteiger partial charge in [-0.05, 0) is 18.2 Å². The fourth-order valence-corrected chi connectivity index (χ4v) is 1.73. The predicted octanol–water partition coefficient (Wildman–Crippen LogP) is 2.36. The summed E-state index contributed by atoms with van der Waals surface area (Å²) in [7, 11) is 0. The molecule has 0 amide bonds. The maximum atomic E-state index is 8.68. The van der Waals surface area contributed by atoms with Crippen molar-refractivity contribution in [3.05, 3.63) is 42.6 Å². The van der Waals surface area contributed by atoms with Crippen molar-refractivity contribution in [3.63, 3.8) is 0 Å². The highest BCUT2D eigenvalue weighted by atomic mass is 15.3. The number of rotatable bonds is 1. The van der Waals surface area contributed by atoms with E-state index in [0.29, 0.717) is 0 Å². The van der Waals surface area contributed by atoms with E-state index in [4.69, 9.17) is 5.26 Å². The van der Waals surface area contributed by atoms with Gasteiger partial charge in [0.25, 0.3) is 0 Å². The SMILES string of the molecule is N#Cn1ccc(-c2cc3ccccc3[nH]2)n1. The molecule has 0 spiro atoms. The van der Waals surface area contributed by atoms with Crippen LogP contribution in [0, 0.1) is 11.5 Å². The summed E-state index contributed by atoms with van der Waals surface area (Å²) in [5, 5.41) is 13.9. The molecule has 3 aromatic rings. The van der Waals surface area contributed by atoms with Crippen LogP contribution in [0.5, 0.6) is 0 Å². The Labute approximate surface area is 91.7 Å². The highest BCUT2D eigenvalue weighted by molar-refractivity contribution is 5.85. The lowest BCUT2D eigenvalue weighted by atomic mass is 10.2. The summed E-state index contributed by atoms with van der Waals surface area (Å²) in [5.74, 6) is 0. The lowest BCUT2D eigenvalue weighted by Gasteiger charge is -1.88. The van der Waals surface area contributed by atoms with Crippen molar-refractivity contribution in [1.29, 1.82) is 5.26 Å². The number of H-pyrrole nitrogens is 1. The second-order valence-electron chi connectivity index (χ2n) is 3.52. The number of aromatic amines is 1. The Kier molecular flexibility index (Phi) is 1.77. The highest BCUT2D eigenvalue weighted by Gasteiger charge is 2.05. The van der Waals surface area contributed by atoms with Crippen molar-refractivity contribution in [3.8, 4) is 17.6 Å². The van der Waals surface area contributed by atoms with Crippen molar-refractivity contribution in [2.45, 2.75) is 0 Å². The molecule has 0 bridgehead atoms. The summed E-state index contributed by atoms with van der Waals surface area (Å²) in [5.41, 5.74) is 2.77. The fourth-order valence-electron chi connectivity index (χ4n) is 1.73. The average Bonchev–Trinajstić information content (AvgIpc) is 2.95. The average molecular weight is 208 g/mol. The van der Waals surface area contributed by atoms with Gasteiger partial charge in [-0.1, -0.05) is 18.2 Å². The molecule has 2 heterocycles. The topological polar surface area (TPSA) is 57.4 Å². The first-order chi connectivity index (χ1) is 7.86. The number of nitrogens with one attached hydrogen (secondary N) is 1. The standard InChI is InChI=1S/C12H8N4/c13-8-16-6-5-11(15-16)12-7-9-3-1-2-4-10(9)14-12/h1-7,14H. The van der Waals surface area contributed by atoms with Gasteiger partial charge >= 0.3 is 0 Å². The van der Waals surface area contributed by atoms with Crippen LogP contribution < -0.4 is 0 Å². The molecule has 0 saturated heterocycles. The van der Waals surface area contributed by atoms with Crippen LogP contribution in [0.3, 0.4) is 0 Å². The summed E-state index contributed by atoms with van der Waals surface area (Å²) in [6, 6.07) is 11.9. The molecular formula is C12H8N4. The van der Waals surface area contributed by atoms with Gasteiger partial charge in [-0.15, -0.1) is 0 Å². The quantitative estimate of drug-likeness (QED) is 0.667. The Morgan fingerprint density at radius 2 is 2.12 bits per heavy atom. The van der Waals surface area contributed by atoms with Crippen molar-refractivity contribution in [1.82, 2.24) is 14.8 Å². The summed E-state index contributed by atoms with van der Waals surface area (Å²) >= 11 is 0. The Morgan fingerprint density at radius 1 is 1.25 bits per heavy atom. The van der Waals surface area contributed by atoms with E-state index >= 15 is 0 Å². The summed E-state index contributed by atoms with van der Waals surface area (Å²) in [4.78, 5) is 3.26. The van der Waals surface area contributed by atoms with E-state index in [-0.39, 0.29) is 0 Å². The van der Waals surface area contributed by atoms with Gasteiger partial charge < -0.3 is 4.98 Å². The number of nitrogens with zero attached hydrogens (tertiary/aromatic N) is 3. The number of nitriles is 1. The maximum absolute atomic E-state index is 8.68. The molecular weight excluding hydrogens is 200 g/mol. The van der Waals surface area contributed by atoms with E-state index in [2.05, 4.69) is 10.1 Å². The molecule has 2 aromatic heterocycles. The number of hydrogen-bond acceptors (Lipinski definition) is 2. The number of para-hydroxylation sites is 1. The first kappa shape index (κ1) is 8.74. The Balaban J connectivity index is 2.15. The molecule has 76 valence electrons. The molecule has 0 aliphatic heterocycles. The van der Waals surface area contributed by atoms with Gasteiger partial charge in [0.2, 0.25) is 6.19 Å². The third-order valence-electron chi connectivity index (χ3n) is 2.50. The van der Waals surface area contributed by atoms with E-state index in [1.54, 1.807) is 6.20 Å². The Bertz CT molecular complexity index is 651. The fraction of sp³-hybridized carbons (Fsp3) is 0. The van der Waals surface area contributed by atoms with Crippen LogP contribution in [0.15, 0.2) is 42.6 Å². The molecule has 0 unspecified atom stereocenters. The van der Waals surface area contributed by atoms with Crippen LogP contribution in [0.1, 0.15) is 0 Å². The highest BCUT2D eigenvalue weighted by Crippen LogP contribution is 2.22. The Hall–Kier alpha value is -2.54. The maximum Gasteiger partial charge on any atom is 0.206 e. The van der Waals surface area contributed by atoms with Crippen LogP contribution in [0.4, 0.5) is 0 Å². The number of aromatic nitrogens is 3. The number of benzene rings is 1. The van der Waals surface area contributed by atoms with Crippen LogP contribution in [0.25, 0.3) is 22.3 Å². The molecule has 0 fully saturated rings. The van der Waals surface area contributed by atoms with Gasteiger partial charge in [0, 0.05) is 17.1 Å². The van der Waals surface area contributed by atoms with Gasteiger partial charge in [-0.25, -0.2) is 0 Å². The first-order valence-electron chi connectivity index (χ1n) is 4.91. The van der Waals surface area contributed by atoms with Gasteiger partial charge in [-0.3, -0.25) is 0 Å². The van der Waals surface area contributed by atoms with Crippen LogP contribution in [0.2, 0.25) is 0 Å². The van der Waals surface area contributed by atoms with Crippen molar-refractivity contribution < 1.29 is 0 Å². The van der Waals surface area contributed by atoms with E-state index < -0.39 is 0 Å². The van der Waals surface area contributed by atoms with Crippen LogP contribution in [-0.4, -0.2) is 14.8 Å². The minimum absolute atomic E-state index is 0.776. The predicted molar refractivity (Wildman–Crippen MR) is 60.5 cm³/mol. The molecule has 0 aliphatic carbocycles. The number of hydrogen-bond donors (Lipinski definition) is 1. The van der Waals surface area contributed by atoms with E-state index in [1.807, 2.05) is 42.6 Å². The molecule has 0 saturated carbocycles. The molecule has 1 aromatic carbocycles. The molecule has 0 radical (unpaired) electrons. The number of fused-ring (bicyclic) bond motifs is 1. The minimum Gasteiger partial charge on any atom is -0.353 e. The summed E-state index contributed by atoms with van der Waals surface area (Å²) < 4.78 is 1.24. The van der Waals surface area contributed by atoms with Gasteiger partial charge in [0.1, 0.15) is 5.69 Å². The van der Waals surface area contributed by atoms with E-state index in [9.17, 15) is 0 Å². The molecule has 1 N–H and O–H groups in total. The lowest BCUT2D eigenvalue weighted by molar-refractivity contribution is 0.900. The summed E-state index contributed by atoms with van der Waals surface area (Å²) in [6.07, 6.45) is 3.58.